The maximum Gasteiger partial charge on any atom is 0.248 e. The Morgan fingerprint density at radius 1 is 1.19 bits per heavy atom. The normalized spacial score (nSPS) is 17.3. The highest BCUT2D eigenvalue weighted by Crippen LogP contribution is 2.18. The molecule has 112 valence electrons. The standard InChI is InChI=1S/C13H16N4O3S/c14-5-6-16-7-9-17(10-8-16)21(19,20)12-3-1-11(2-4-12)13(15)18/h1-4H,6-10H2,(H2,15,18). The van der Waals surface area contributed by atoms with Crippen molar-refractivity contribution in [3.63, 3.8) is 0 Å². The molecule has 1 fully saturated rings. The second-order valence-electron chi connectivity index (χ2n) is 4.73. The Labute approximate surface area is 123 Å². The van der Waals surface area contributed by atoms with E-state index in [0.717, 1.165) is 0 Å². The van der Waals surface area contributed by atoms with Crippen LogP contribution >= 0.6 is 0 Å². The first-order valence-corrected chi connectivity index (χ1v) is 7.88. The fourth-order valence-corrected chi connectivity index (χ4v) is 3.59. The summed E-state index contributed by atoms with van der Waals surface area (Å²) in [6, 6.07) is 7.63. The molecule has 0 saturated carbocycles. The summed E-state index contributed by atoms with van der Waals surface area (Å²) >= 11 is 0. The van der Waals surface area contributed by atoms with E-state index in [1.807, 2.05) is 4.90 Å². The predicted molar refractivity (Wildman–Crippen MR) is 75.8 cm³/mol. The molecule has 0 unspecified atom stereocenters. The molecule has 0 aromatic heterocycles. The summed E-state index contributed by atoms with van der Waals surface area (Å²) in [5.41, 5.74) is 5.40. The number of nitrogens with two attached hydrogens (primary N) is 1. The molecule has 0 radical (unpaired) electrons. The zero-order valence-corrected chi connectivity index (χ0v) is 12.2. The Kier molecular flexibility index (Phi) is 4.57. The summed E-state index contributed by atoms with van der Waals surface area (Å²) in [6.45, 7) is 2.07. The number of piperazine rings is 1. The summed E-state index contributed by atoms with van der Waals surface area (Å²) in [6.07, 6.45) is 0. The molecule has 1 aromatic carbocycles. The third-order valence-corrected chi connectivity index (χ3v) is 5.32. The number of amides is 1. The van der Waals surface area contributed by atoms with Gasteiger partial charge in [-0.2, -0.15) is 9.57 Å². The highest BCUT2D eigenvalue weighted by Gasteiger charge is 2.28. The van der Waals surface area contributed by atoms with Crippen molar-refractivity contribution in [3.8, 4) is 6.07 Å². The topological polar surface area (TPSA) is 108 Å². The molecule has 2 rings (SSSR count). The van der Waals surface area contributed by atoms with Gasteiger partial charge in [0, 0.05) is 31.7 Å². The van der Waals surface area contributed by atoms with Crippen molar-refractivity contribution in [2.75, 3.05) is 32.7 Å². The maximum absolute atomic E-state index is 12.5. The molecule has 2 N–H and O–H groups in total. The lowest BCUT2D eigenvalue weighted by Crippen LogP contribution is -2.48. The lowest BCUT2D eigenvalue weighted by atomic mass is 10.2. The third-order valence-electron chi connectivity index (χ3n) is 3.40. The van der Waals surface area contributed by atoms with Gasteiger partial charge in [-0.1, -0.05) is 0 Å². The van der Waals surface area contributed by atoms with E-state index in [1.54, 1.807) is 0 Å². The number of nitriles is 1. The molecule has 1 aliphatic heterocycles. The van der Waals surface area contributed by atoms with E-state index in [2.05, 4.69) is 6.07 Å². The Hall–Kier alpha value is -1.95. The molecule has 0 atom stereocenters. The van der Waals surface area contributed by atoms with Gasteiger partial charge >= 0.3 is 0 Å². The Morgan fingerprint density at radius 2 is 1.76 bits per heavy atom. The number of nitrogens with zero attached hydrogens (tertiary/aromatic N) is 3. The van der Waals surface area contributed by atoms with Crippen molar-refractivity contribution in [2.24, 2.45) is 5.73 Å². The van der Waals surface area contributed by atoms with Crippen molar-refractivity contribution in [3.05, 3.63) is 29.8 Å². The fraction of sp³-hybridized carbons (Fsp3) is 0.385. The number of sulfonamides is 1. The first kappa shape index (κ1) is 15.4. The van der Waals surface area contributed by atoms with Crippen LogP contribution in [0.3, 0.4) is 0 Å². The zero-order valence-electron chi connectivity index (χ0n) is 11.4. The molecule has 0 bridgehead atoms. The number of carbonyl (C=O) groups excluding carboxylic acids is 1. The Bertz CT molecular complexity index is 656. The largest absolute Gasteiger partial charge is 0.366 e. The van der Waals surface area contributed by atoms with Gasteiger partial charge in [0.15, 0.2) is 0 Å². The summed E-state index contributed by atoms with van der Waals surface area (Å²) in [5.74, 6) is -0.593. The van der Waals surface area contributed by atoms with Crippen molar-refractivity contribution < 1.29 is 13.2 Å². The van der Waals surface area contributed by atoms with E-state index in [-0.39, 0.29) is 10.5 Å². The number of primary amides is 1. The third kappa shape index (κ3) is 3.39. The van der Waals surface area contributed by atoms with Crippen LogP contribution in [-0.4, -0.2) is 56.3 Å². The summed E-state index contributed by atoms with van der Waals surface area (Å²) in [4.78, 5) is 13.0. The van der Waals surface area contributed by atoms with Crippen molar-refractivity contribution >= 4 is 15.9 Å². The molecular formula is C13H16N4O3S. The Balaban J connectivity index is 2.12. The van der Waals surface area contributed by atoms with Crippen LogP contribution < -0.4 is 5.73 Å². The molecule has 8 heteroatoms. The van der Waals surface area contributed by atoms with Crippen LogP contribution in [0.2, 0.25) is 0 Å². The molecular weight excluding hydrogens is 292 g/mol. The average molecular weight is 308 g/mol. The van der Waals surface area contributed by atoms with Crippen LogP contribution in [0.25, 0.3) is 0 Å². The number of hydrogen-bond acceptors (Lipinski definition) is 5. The van der Waals surface area contributed by atoms with Crippen LogP contribution in [0.4, 0.5) is 0 Å². The fourth-order valence-electron chi connectivity index (χ4n) is 2.17. The number of benzene rings is 1. The molecule has 7 nitrogen and oxygen atoms in total. The molecule has 0 spiro atoms. The van der Waals surface area contributed by atoms with Gasteiger partial charge in [0.1, 0.15) is 0 Å². The zero-order chi connectivity index (χ0) is 15.5. The monoisotopic (exact) mass is 308 g/mol. The number of hydrogen-bond donors (Lipinski definition) is 1. The SMILES string of the molecule is N#CCN1CCN(S(=O)(=O)c2ccc(C(N)=O)cc2)CC1. The van der Waals surface area contributed by atoms with Crippen molar-refractivity contribution in [1.29, 1.82) is 5.26 Å². The summed E-state index contributed by atoms with van der Waals surface area (Å²) in [5, 5.41) is 8.63. The molecule has 1 amide bonds. The first-order chi connectivity index (χ1) is 9.95. The van der Waals surface area contributed by atoms with Crippen LogP contribution in [-0.2, 0) is 10.0 Å². The van der Waals surface area contributed by atoms with Gasteiger partial charge in [-0.15, -0.1) is 0 Å². The van der Waals surface area contributed by atoms with E-state index < -0.39 is 15.9 Å². The second-order valence-corrected chi connectivity index (χ2v) is 6.66. The number of rotatable bonds is 4. The lowest BCUT2D eigenvalue weighted by molar-refractivity contribution is 0.1000. The van der Waals surface area contributed by atoms with E-state index >= 15 is 0 Å². The van der Waals surface area contributed by atoms with Crippen LogP contribution in [0.5, 0.6) is 0 Å². The van der Waals surface area contributed by atoms with Gasteiger partial charge in [0.25, 0.3) is 0 Å². The van der Waals surface area contributed by atoms with Gasteiger partial charge in [-0.05, 0) is 24.3 Å². The maximum atomic E-state index is 12.5. The smallest absolute Gasteiger partial charge is 0.248 e. The Morgan fingerprint density at radius 3 is 2.24 bits per heavy atom. The van der Waals surface area contributed by atoms with Crippen LogP contribution in [0.15, 0.2) is 29.2 Å². The molecule has 1 aliphatic rings. The molecule has 0 aliphatic carbocycles. The molecule has 1 aromatic rings. The minimum atomic E-state index is -3.57. The van der Waals surface area contributed by atoms with Crippen LogP contribution in [0, 0.1) is 11.3 Å². The molecule has 1 saturated heterocycles. The van der Waals surface area contributed by atoms with Crippen molar-refractivity contribution in [2.45, 2.75) is 4.90 Å². The van der Waals surface area contributed by atoms with E-state index in [4.69, 9.17) is 11.0 Å². The molecule has 21 heavy (non-hydrogen) atoms. The van der Waals surface area contributed by atoms with Gasteiger partial charge in [-0.3, -0.25) is 9.69 Å². The quantitative estimate of drug-likeness (QED) is 0.763. The predicted octanol–water partition coefficient (Wildman–Crippen LogP) is -0.385. The lowest BCUT2D eigenvalue weighted by Gasteiger charge is -2.32. The summed E-state index contributed by atoms with van der Waals surface area (Å²) in [7, 11) is -3.57. The van der Waals surface area contributed by atoms with Gasteiger partial charge < -0.3 is 5.73 Å². The minimum absolute atomic E-state index is 0.140. The number of carbonyl (C=O) groups is 1. The van der Waals surface area contributed by atoms with Crippen molar-refractivity contribution in [1.82, 2.24) is 9.21 Å². The minimum Gasteiger partial charge on any atom is -0.366 e. The highest BCUT2D eigenvalue weighted by atomic mass is 32.2. The van der Waals surface area contributed by atoms with Crippen LogP contribution in [0.1, 0.15) is 10.4 Å². The average Bonchev–Trinajstić information content (AvgIpc) is 2.48. The summed E-state index contributed by atoms with van der Waals surface area (Å²) < 4.78 is 26.3. The molecule has 1 heterocycles. The van der Waals surface area contributed by atoms with Gasteiger partial charge in [-0.25, -0.2) is 8.42 Å². The first-order valence-electron chi connectivity index (χ1n) is 6.44. The highest BCUT2D eigenvalue weighted by molar-refractivity contribution is 7.89. The van der Waals surface area contributed by atoms with Gasteiger partial charge in [0.2, 0.25) is 15.9 Å². The van der Waals surface area contributed by atoms with E-state index in [1.165, 1.54) is 28.6 Å². The van der Waals surface area contributed by atoms with Gasteiger partial charge in [0.05, 0.1) is 17.5 Å². The van der Waals surface area contributed by atoms with E-state index in [0.29, 0.717) is 32.7 Å². The second kappa shape index (κ2) is 6.22. The van der Waals surface area contributed by atoms with E-state index in [9.17, 15) is 13.2 Å².